The molecule has 1 unspecified atom stereocenters. The molecule has 0 N–H and O–H groups in total. The van der Waals surface area contributed by atoms with Crippen molar-refractivity contribution in [1.82, 2.24) is 0 Å². The van der Waals surface area contributed by atoms with Gasteiger partial charge in [0.25, 0.3) is 0 Å². The van der Waals surface area contributed by atoms with Crippen molar-refractivity contribution in [2.75, 3.05) is 0 Å². The summed E-state index contributed by atoms with van der Waals surface area (Å²) in [5.74, 6) is 0.507. The Balaban J connectivity index is 2.23. The largest absolute Gasteiger partial charge is 0.0766 e. The molecule has 0 fully saturated rings. The fraction of sp³-hybridized carbons (Fsp3) is 0.263. The first kappa shape index (κ1) is 13.6. The van der Waals surface area contributed by atoms with E-state index in [0.717, 1.165) is 0 Å². The Labute approximate surface area is 129 Å². The highest BCUT2D eigenvalue weighted by Crippen LogP contribution is 2.39. The topological polar surface area (TPSA) is 0 Å². The van der Waals surface area contributed by atoms with Crippen molar-refractivity contribution in [1.29, 1.82) is 0 Å². The molecular formula is C19H19Br. The summed E-state index contributed by atoms with van der Waals surface area (Å²) in [5.41, 5.74) is 9.50. The van der Waals surface area contributed by atoms with E-state index in [1.165, 1.54) is 43.4 Å². The van der Waals surface area contributed by atoms with Gasteiger partial charge in [0.15, 0.2) is 0 Å². The molecule has 1 heteroatoms. The Kier molecular flexibility index (Phi) is 3.33. The lowest BCUT2D eigenvalue weighted by atomic mass is 9.90. The maximum atomic E-state index is 3.74. The molecule has 3 rings (SSSR count). The van der Waals surface area contributed by atoms with Crippen molar-refractivity contribution in [3.63, 3.8) is 0 Å². The van der Waals surface area contributed by atoms with Gasteiger partial charge in [-0.2, -0.15) is 0 Å². The number of aryl methyl sites for hydroxylation is 3. The molecule has 102 valence electrons. The molecule has 0 nitrogen and oxygen atoms in total. The zero-order chi connectivity index (χ0) is 14.4. The lowest BCUT2D eigenvalue weighted by molar-refractivity contribution is 0.989. The van der Waals surface area contributed by atoms with Gasteiger partial charge in [-0.1, -0.05) is 52.7 Å². The minimum absolute atomic E-state index is 0.507. The van der Waals surface area contributed by atoms with Crippen LogP contribution in [-0.4, -0.2) is 0 Å². The number of rotatable bonds is 1. The summed E-state index contributed by atoms with van der Waals surface area (Å²) in [6, 6.07) is 9.15. The van der Waals surface area contributed by atoms with Crippen LogP contribution in [-0.2, 0) is 0 Å². The average molecular weight is 327 g/mol. The van der Waals surface area contributed by atoms with Crippen LogP contribution < -0.4 is 0 Å². The van der Waals surface area contributed by atoms with E-state index < -0.39 is 0 Å². The SMILES string of the molecule is Cc1cc(C)c(-c2cc(Br)c3c(c2)C(C)C=C3)c(C)c1. The molecule has 0 aliphatic heterocycles. The van der Waals surface area contributed by atoms with Crippen LogP contribution in [0.3, 0.4) is 0 Å². The predicted molar refractivity (Wildman–Crippen MR) is 91.2 cm³/mol. The first-order chi connectivity index (χ1) is 9.47. The van der Waals surface area contributed by atoms with Crippen molar-refractivity contribution in [2.24, 2.45) is 0 Å². The van der Waals surface area contributed by atoms with Crippen molar-refractivity contribution in [3.8, 4) is 11.1 Å². The summed E-state index contributed by atoms with van der Waals surface area (Å²) in [7, 11) is 0. The number of halogens is 1. The molecule has 1 atom stereocenters. The van der Waals surface area contributed by atoms with Gasteiger partial charge in [0.05, 0.1) is 0 Å². The highest BCUT2D eigenvalue weighted by molar-refractivity contribution is 9.10. The predicted octanol–water partition coefficient (Wildman–Crippen LogP) is 6.17. The third kappa shape index (κ3) is 2.14. The second kappa shape index (κ2) is 4.89. The van der Waals surface area contributed by atoms with E-state index in [4.69, 9.17) is 0 Å². The minimum atomic E-state index is 0.507. The van der Waals surface area contributed by atoms with Crippen molar-refractivity contribution in [2.45, 2.75) is 33.6 Å². The number of hydrogen-bond acceptors (Lipinski definition) is 0. The first-order valence-electron chi connectivity index (χ1n) is 7.07. The lowest BCUT2D eigenvalue weighted by Gasteiger charge is -2.15. The molecule has 0 saturated carbocycles. The fourth-order valence-corrected chi connectivity index (χ4v) is 3.92. The monoisotopic (exact) mass is 326 g/mol. The minimum Gasteiger partial charge on any atom is -0.0766 e. The number of benzene rings is 2. The Bertz CT molecular complexity index is 700. The zero-order valence-electron chi connectivity index (χ0n) is 12.4. The van der Waals surface area contributed by atoms with Crippen LogP contribution in [0.25, 0.3) is 17.2 Å². The van der Waals surface area contributed by atoms with E-state index in [1.807, 2.05) is 0 Å². The van der Waals surface area contributed by atoms with Crippen LogP contribution in [0.1, 0.15) is 40.7 Å². The molecule has 1 aliphatic carbocycles. The van der Waals surface area contributed by atoms with Gasteiger partial charge >= 0.3 is 0 Å². The summed E-state index contributed by atoms with van der Waals surface area (Å²) in [6.45, 7) is 8.83. The average Bonchev–Trinajstić information content (AvgIpc) is 2.70. The highest BCUT2D eigenvalue weighted by atomic mass is 79.9. The normalized spacial score (nSPS) is 16.6. The summed E-state index contributed by atoms with van der Waals surface area (Å²) in [6.07, 6.45) is 4.50. The van der Waals surface area contributed by atoms with E-state index in [0.29, 0.717) is 5.92 Å². The van der Waals surface area contributed by atoms with Crippen LogP contribution >= 0.6 is 15.9 Å². The molecule has 0 saturated heterocycles. The highest BCUT2D eigenvalue weighted by Gasteiger charge is 2.18. The molecular weight excluding hydrogens is 308 g/mol. The van der Waals surface area contributed by atoms with Gasteiger partial charge in [0.1, 0.15) is 0 Å². The quantitative estimate of drug-likeness (QED) is 0.587. The van der Waals surface area contributed by atoms with Crippen LogP contribution in [0.5, 0.6) is 0 Å². The van der Waals surface area contributed by atoms with E-state index >= 15 is 0 Å². The van der Waals surface area contributed by atoms with E-state index in [2.05, 4.69) is 80.0 Å². The zero-order valence-corrected chi connectivity index (χ0v) is 14.0. The van der Waals surface area contributed by atoms with Crippen LogP contribution in [0.2, 0.25) is 0 Å². The third-order valence-electron chi connectivity index (χ3n) is 4.17. The second-order valence-corrected chi connectivity index (χ2v) is 6.74. The van der Waals surface area contributed by atoms with Crippen molar-refractivity contribution < 1.29 is 0 Å². The summed E-state index contributed by atoms with van der Waals surface area (Å²) < 4.78 is 1.20. The van der Waals surface area contributed by atoms with Crippen LogP contribution in [0, 0.1) is 20.8 Å². The van der Waals surface area contributed by atoms with Gasteiger partial charge in [-0.25, -0.2) is 0 Å². The van der Waals surface area contributed by atoms with Gasteiger partial charge in [-0.05, 0) is 72.2 Å². The molecule has 0 radical (unpaired) electrons. The van der Waals surface area contributed by atoms with Crippen LogP contribution in [0.4, 0.5) is 0 Å². The maximum Gasteiger partial charge on any atom is 0.0256 e. The summed E-state index contributed by atoms with van der Waals surface area (Å²) in [5, 5.41) is 0. The number of hydrogen-bond donors (Lipinski definition) is 0. The smallest absolute Gasteiger partial charge is 0.0256 e. The molecule has 20 heavy (non-hydrogen) atoms. The van der Waals surface area contributed by atoms with Crippen molar-refractivity contribution >= 4 is 22.0 Å². The molecule has 0 amide bonds. The van der Waals surface area contributed by atoms with Gasteiger partial charge in [-0.15, -0.1) is 0 Å². The van der Waals surface area contributed by atoms with Crippen molar-refractivity contribution in [3.05, 3.63) is 62.6 Å². The van der Waals surface area contributed by atoms with E-state index in [1.54, 1.807) is 0 Å². The molecule has 1 aliphatic rings. The van der Waals surface area contributed by atoms with Gasteiger partial charge in [-0.3, -0.25) is 0 Å². The molecule has 0 aromatic heterocycles. The fourth-order valence-electron chi connectivity index (χ4n) is 3.32. The summed E-state index contributed by atoms with van der Waals surface area (Å²) in [4.78, 5) is 0. The second-order valence-electron chi connectivity index (χ2n) is 5.88. The van der Waals surface area contributed by atoms with E-state index in [-0.39, 0.29) is 0 Å². The molecule has 0 bridgehead atoms. The first-order valence-corrected chi connectivity index (χ1v) is 7.86. The third-order valence-corrected chi connectivity index (χ3v) is 4.83. The summed E-state index contributed by atoms with van der Waals surface area (Å²) >= 11 is 3.74. The standard InChI is InChI=1S/C19H19Br/c1-11-7-13(3)19(14(4)8-11)15-9-17-12(2)5-6-16(17)18(20)10-15/h5-10,12H,1-4H3. The Morgan fingerprint density at radius 1 is 0.950 bits per heavy atom. The van der Waals surface area contributed by atoms with Crippen LogP contribution in [0.15, 0.2) is 34.8 Å². The maximum absolute atomic E-state index is 3.74. The molecule has 0 heterocycles. The number of fused-ring (bicyclic) bond motifs is 1. The molecule has 2 aromatic rings. The van der Waals surface area contributed by atoms with Gasteiger partial charge < -0.3 is 0 Å². The Morgan fingerprint density at radius 3 is 2.25 bits per heavy atom. The van der Waals surface area contributed by atoms with Gasteiger partial charge in [0, 0.05) is 4.47 Å². The Hall–Kier alpha value is -1.34. The lowest BCUT2D eigenvalue weighted by Crippen LogP contribution is -1.94. The number of allylic oxidation sites excluding steroid dienone is 1. The molecule has 2 aromatic carbocycles. The molecule has 0 spiro atoms. The van der Waals surface area contributed by atoms with Gasteiger partial charge in [0.2, 0.25) is 0 Å². The van der Waals surface area contributed by atoms with E-state index in [9.17, 15) is 0 Å². The Morgan fingerprint density at radius 2 is 1.60 bits per heavy atom.